The molecule has 0 atom stereocenters. The van der Waals surface area contributed by atoms with Gasteiger partial charge in [0.15, 0.2) is 5.17 Å². The smallest absolute Gasteiger partial charge is 0.159 e. The standard InChI is InChI=1S/C17H18FN3S/c18-16-8-6-14(7-9-16)10-21-12-19-17(20-13-21)22-11-15-4-2-1-3-5-15/h1-9H,10-13H2,(H,19,20). The zero-order chi connectivity index (χ0) is 15.2. The van der Waals surface area contributed by atoms with Crippen LogP contribution in [-0.2, 0) is 12.3 Å². The summed E-state index contributed by atoms with van der Waals surface area (Å²) >= 11 is 1.72. The van der Waals surface area contributed by atoms with Gasteiger partial charge in [-0.1, -0.05) is 54.2 Å². The molecular formula is C17H18FN3S. The minimum Gasteiger partial charge on any atom is -0.352 e. The number of nitrogens with zero attached hydrogens (tertiary/aromatic N) is 2. The zero-order valence-corrected chi connectivity index (χ0v) is 13.0. The monoisotopic (exact) mass is 315 g/mol. The van der Waals surface area contributed by atoms with E-state index in [-0.39, 0.29) is 5.82 Å². The quantitative estimate of drug-likeness (QED) is 0.936. The van der Waals surface area contributed by atoms with Crippen molar-refractivity contribution in [3.63, 3.8) is 0 Å². The van der Waals surface area contributed by atoms with Gasteiger partial charge in [-0.15, -0.1) is 0 Å². The first-order valence-electron chi connectivity index (χ1n) is 7.21. The van der Waals surface area contributed by atoms with Crippen LogP contribution in [0.1, 0.15) is 11.1 Å². The second-order valence-electron chi connectivity index (χ2n) is 5.17. The van der Waals surface area contributed by atoms with Gasteiger partial charge in [-0.25, -0.2) is 9.38 Å². The number of benzene rings is 2. The molecular weight excluding hydrogens is 297 g/mol. The summed E-state index contributed by atoms with van der Waals surface area (Å²) in [6.45, 7) is 2.20. The van der Waals surface area contributed by atoms with Crippen molar-refractivity contribution in [1.82, 2.24) is 10.2 Å². The van der Waals surface area contributed by atoms with Crippen molar-refractivity contribution in [2.75, 3.05) is 13.3 Å². The molecule has 0 saturated carbocycles. The molecule has 5 heteroatoms. The van der Waals surface area contributed by atoms with E-state index < -0.39 is 0 Å². The maximum atomic E-state index is 12.9. The first kappa shape index (κ1) is 15.1. The van der Waals surface area contributed by atoms with Gasteiger partial charge in [0.05, 0.1) is 13.3 Å². The summed E-state index contributed by atoms with van der Waals surface area (Å²) in [5.41, 5.74) is 2.39. The van der Waals surface area contributed by atoms with Crippen LogP contribution >= 0.6 is 11.8 Å². The number of rotatable bonds is 4. The van der Waals surface area contributed by atoms with Crippen LogP contribution in [0.3, 0.4) is 0 Å². The third kappa shape index (κ3) is 4.32. The van der Waals surface area contributed by atoms with Crippen molar-refractivity contribution < 1.29 is 4.39 Å². The fraction of sp³-hybridized carbons (Fsp3) is 0.235. The molecule has 0 amide bonds. The van der Waals surface area contributed by atoms with Gasteiger partial charge in [-0.05, 0) is 23.3 Å². The maximum absolute atomic E-state index is 12.9. The third-order valence-electron chi connectivity index (χ3n) is 3.41. The lowest BCUT2D eigenvalue weighted by Crippen LogP contribution is -2.41. The molecule has 1 aliphatic heterocycles. The Morgan fingerprint density at radius 2 is 1.82 bits per heavy atom. The topological polar surface area (TPSA) is 27.6 Å². The van der Waals surface area contributed by atoms with Crippen LogP contribution < -0.4 is 5.32 Å². The molecule has 2 aromatic carbocycles. The minimum absolute atomic E-state index is 0.196. The lowest BCUT2D eigenvalue weighted by Gasteiger charge is -2.26. The number of thioether (sulfide) groups is 1. The average Bonchev–Trinajstić information content (AvgIpc) is 2.57. The van der Waals surface area contributed by atoms with Gasteiger partial charge >= 0.3 is 0 Å². The summed E-state index contributed by atoms with van der Waals surface area (Å²) in [5, 5.41) is 4.32. The summed E-state index contributed by atoms with van der Waals surface area (Å²) in [4.78, 5) is 6.74. The van der Waals surface area contributed by atoms with Crippen molar-refractivity contribution in [3.8, 4) is 0 Å². The SMILES string of the molecule is Fc1ccc(CN2CN=C(SCc3ccccc3)NC2)cc1. The highest BCUT2D eigenvalue weighted by atomic mass is 32.2. The van der Waals surface area contributed by atoms with E-state index in [1.165, 1.54) is 17.7 Å². The highest BCUT2D eigenvalue weighted by Crippen LogP contribution is 2.15. The molecule has 114 valence electrons. The highest BCUT2D eigenvalue weighted by Gasteiger charge is 2.12. The molecule has 2 aromatic rings. The van der Waals surface area contributed by atoms with Crippen LogP contribution in [0.5, 0.6) is 0 Å². The number of halogens is 1. The van der Waals surface area contributed by atoms with E-state index in [2.05, 4.69) is 39.5 Å². The first-order chi connectivity index (χ1) is 10.8. The number of amidine groups is 1. The maximum Gasteiger partial charge on any atom is 0.159 e. The number of nitrogens with one attached hydrogen (secondary N) is 1. The van der Waals surface area contributed by atoms with Crippen molar-refractivity contribution in [2.45, 2.75) is 12.3 Å². The lowest BCUT2D eigenvalue weighted by atomic mass is 10.2. The molecule has 0 bridgehead atoms. The predicted molar refractivity (Wildman–Crippen MR) is 90.0 cm³/mol. The molecule has 0 aromatic heterocycles. The second kappa shape index (κ2) is 7.42. The predicted octanol–water partition coefficient (Wildman–Crippen LogP) is 3.44. The zero-order valence-electron chi connectivity index (χ0n) is 12.2. The number of hydrogen-bond acceptors (Lipinski definition) is 4. The Morgan fingerprint density at radius 3 is 2.50 bits per heavy atom. The molecule has 3 nitrogen and oxygen atoms in total. The van der Waals surface area contributed by atoms with Crippen LogP contribution in [0.15, 0.2) is 59.6 Å². The van der Waals surface area contributed by atoms with Crippen LogP contribution in [0, 0.1) is 5.82 Å². The summed E-state index contributed by atoms with van der Waals surface area (Å²) in [5.74, 6) is 0.725. The largest absolute Gasteiger partial charge is 0.352 e. The molecule has 1 heterocycles. The van der Waals surface area contributed by atoms with Gasteiger partial charge in [0.25, 0.3) is 0 Å². The van der Waals surface area contributed by atoms with Crippen LogP contribution in [0.2, 0.25) is 0 Å². The van der Waals surface area contributed by atoms with E-state index in [4.69, 9.17) is 0 Å². The molecule has 0 spiro atoms. The molecule has 0 fully saturated rings. The fourth-order valence-corrected chi connectivity index (χ4v) is 3.04. The number of aliphatic imine (C=N–C) groups is 1. The van der Waals surface area contributed by atoms with Gasteiger partial charge in [-0.2, -0.15) is 0 Å². The van der Waals surface area contributed by atoms with Gasteiger partial charge in [0.2, 0.25) is 0 Å². The van der Waals surface area contributed by atoms with Crippen LogP contribution in [0.25, 0.3) is 0 Å². The molecule has 22 heavy (non-hydrogen) atoms. The Bertz CT molecular complexity index is 628. The van der Waals surface area contributed by atoms with Crippen molar-refractivity contribution in [2.24, 2.45) is 4.99 Å². The van der Waals surface area contributed by atoms with Crippen molar-refractivity contribution >= 4 is 16.9 Å². The van der Waals surface area contributed by atoms with Crippen molar-refractivity contribution in [1.29, 1.82) is 0 Å². The molecule has 1 N–H and O–H groups in total. The van der Waals surface area contributed by atoms with Gasteiger partial charge in [0.1, 0.15) is 5.82 Å². The van der Waals surface area contributed by atoms with Gasteiger partial charge < -0.3 is 5.32 Å². The third-order valence-corrected chi connectivity index (χ3v) is 4.43. The van der Waals surface area contributed by atoms with E-state index in [0.717, 1.165) is 29.7 Å². The first-order valence-corrected chi connectivity index (χ1v) is 8.20. The van der Waals surface area contributed by atoms with Crippen LogP contribution in [0.4, 0.5) is 4.39 Å². The molecule has 3 rings (SSSR count). The molecule has 1 aliphatic rings. The second-order valence-corrected chi connectivity index (χ2v) is 6.13. The van der Waals surface area contributed by atoms with Crippen LogP contribution in [-0.4, -0.2) is 23.4 Å². The molecule has 0 radical (unpaired) electrons. The highest BCUT2D eigenvalue weighted by molar-refractivity contribution is 8.13. The fourth-order valence-electron chi connectivity index (χ4n) is 2.23. The summed E-state index contributed by atoms with van der Waals surface area (Å²) in [7, 11) is 0. The molecule has 0 saturated heterocycles. The summed E-state index contributed by atoms with van der Waals surface area (Å²) in [6.07, 6.45) is 0. The number of hydrogen-bond donors (Lipinski definition) is 1. The minimum atomic E-state index is -0.196. The Labute approximate surface area is 134 Å². The summed E-state index contributed by atoms with van der Waals surface area (Å²) in [6, 6.07) is 17.0. The lowest BCUT2D eigenvalue weighted by molar-refractivity contribution is 0.258. The van der Waals surface area contributed by atoms with E-state index in [1.807, 2.05) is 18.2 Å². The van der Waals surface area contributed by atoms with Gasteiger partial charge in [-0.3, -0.25) is 4.90 Å². The Hall–Kier alpha value is -1.85. The molecule has 0 aliphatic carbocycles. The van der Waals surface area contributed by atoms with Gasteiger partial charge in [0, 0.05) is 12.3 Å². The Balaban J connectivity index is 1.48. The Morgan fingerprint density at radius 1 is 1.05 bits per heavy atom. The Kier molecular flexibility index (Phi) is 5.08. The van der Waals surface area contributed by atoms with E-state index in [1.54, 1.807) is 11.8 Å². The van der Waals surface area contributed by atoms with E-state index in [9.17, 15) is 4.39 Å². The van der Waals surface area contributed by atoms with Crippen molar-refractivity contribution in [3.05, 3.63) is 71.5 Å². The summed E-state index contributed by atoms with van der Waals surface area (Å²) < 4.78 is 12.9. The van der Waals surface area contributed by atoms with E-state index in [0.29, 0.717) is 6.67 Å². The average molecular weight is 315 g/mol. The van der Waals surface area contributed by atoms with E-state index >= 15 is 0 Å². The normalized spacial score (nSPS) is 15.2. The molecule has 0 unspecified atom stereocenters.